The fourth-order valence-corrected chi connectivity index (χ4v) is 0.743. The molecule has 0 aliphatic heterocycles. The molecule has 8 heavy (non-hydrogen) atoms. The van der Waals surface area contributed by atoms with Crippen LogP contribution in [0.5, 0.6) is 0 Å². The van der Waals surface area contributed by atoms with Crippen molar-refractivity contribution in [3.05, 3.63) is 0 Å². The molecule has 1 saturated carbocycles. The Balaban J connectivity index is 2.32. The van der Waals surface area contributed by atoms with Gasteiger partial charge in [-0.05, 0) is 24.4 Å². The maximum atomic E-state index is 10.3. The van der Waals surface area contributed by atoms with Gasteiger partial charge in [-0.1, -0.05) is 0 Å². The first-order valence-corrected chi connectivity index (χ1v) is 3.02. The van der Waals surface area contributed by atoms with Crippen LogP contribution < -0.4 is 0 Å². The zero-order chi connectivity index (χ0) is 6.15. The van der Waals surface area contributed by atoms with Crippen LogP contribution >= 0.6 is 11.6 Å². The van der Waals surface area contributed by atoms with Gasteiger partial charge in [-0.2, -0.15) is 0 Å². The topological polar surface area (TPSA) is 20.3 Å². The first kappa shape index (κ1) is 5.89. The second-order valence-corrected chi connectivity index (χ2v) is 2.42. The molecular weight excluding hydrogens is 126 g/mol. The lowest BCUT2D eigenvalue weighted by Crippen LogP contribution is -2.22. The van der Waals surface area contributed by atoms with Crippen molar-refractivity contribution in [3.63, 3.8) is 0 Å². The number of hydrogen-bond donors (Lipinski definition) is 0. The molecule has 0 bridgehead atoms. The Hall–Kier alpha value is -0.240. The molecule has 1 aliphatic rings. The van der Waals surface area contributed by atoms with E-state index in [9.17, 15) is 4.79 Å². The van der Waals surface area contributed by atoms with Crippen LogP contribution in [0.25, 0.3) is 0 Å². The SMILES string of the molecule is CN(C(=O)Cl)C1CC1. The summed E-state index contributed by atoms with van der Waals surface area (Å²) < 4.78 is 0. The van der Waals surface area contributed by atoms with E-state index >= 15 is 0 Å². The van der Waals surface area contributed by atoms with E-state index in [0.29, 0.717) is 6.04 Å². The van der Waals surface area contributed by atoms with Gasteiger partial charge < -0.3 is 4.90 Å². The van der Waals surface area contributed by atoms with Crippen LogP contribution in [0.2, 0.25) is 0 Å². The van der Waals surface area contributed by atoms with Gasteiger partial charge in [0.1, 0.15) is 0 Å². The Morgan fingerprint density at radius 2 is 2.25 bits per heavy atom. The molecule has 0 aromatic heterocycles. The van der Waals surface area contributed by atoms with Gasteiger partial charge in [-0.15, -0.1) is 0 Å². The summed E-state index contributed by atoms with van der Waals surface area (Å²) in [6.07, 6.45) is 2.24. The number of carbonyl (C=O) groups is 1. The van der Waals surface area contributed by atoms with Crippen LogP contribution in [-0.4, -0.2) is 23.4 Å². The summed E-state index contributed by atoms with van der Waals surface area (Å²) in [7, 11) is 1.73. The minimum Gasteiger partial charge on any atom is -0.329 e. The average Bonchev–Trinajstić information content (AvgIpc) is 2.43. The van der Waals surface area contributed by atoms with E-state index in [0.717, 1.165) is 12.8 Å². The zero-order valence-corrected chi connectivity index (χ0v) is 5.48. The minimum atomic E-state index is -0.340. The fraction of sp³-hybridized carbons (Fsp3) is 0.800. The number of halogens is 1. The van der Waals surface area contributed by atoms with Crippen LogP contribution in [-0.2, 0) is 0 Å². The summed E-state index contributed by atoms with van der Waals surface area (Å²) in [5, 5.41) is -0.340. The van der Waals surface area contributed by atoms with Crippen molar-refractivity contribution < 1.29 is 4.79 Å². The first-order chi connectivity index (χ1) is 3.72. The third-order valence-corrected chi connectivity index (χ3v) is 1.64. The van der Waals surface area contributed by atoms with Crippen molar-refractivity contribution in [3.8, 4) is 0 Å². The van der Waals surface area contributed by atoms with E-state index in [1.54, 1.807) is 11.9 Å². The van der Waals surface area contributed by atoms with E-state index < -0.39 is 0 Å². The Morgan fingerprint density at radius 3 is 2.38 bits per heavy atom. The second kappa shape index (κ2) is 1.94. The monoisotopic (exact) mass is 133 g/mol. The normalized spacial score (nSPS) is 18.2. The van der Waals surface area contributed by atoms with Gasteiger partial charge in [0.15, 0.2) is 0 Å². The largest absolute Gasteiger partial charge is 0.329 e. The Kier molecular flexibility index (Phi) is 1.43. The molecule has 0 unspecified atom stereocenters. The van der Waals surface area contributed by atoms with Gasteiger partial charge in [0.2, 0.25) is 0 Å². The van der Waals surface area contributed by atoms with Crippen LogP contribution in [0.15, 0.2) is 0 Å². The summed E-state index contributed by atoms with van der Waals surface area (Å²) in [6.45, 7) is 0. The number of hydrogen-bond acceptors (Lipinski definition) is 1. The second-order valence-electron chi connectivity index (χ2n) is 2.10. The third-order valence-electron chi connectivity index (χ3n) is 1.37. The van der Waals surface area contributed by atoms with Crippen molar-refractivity contribution >= 4 is 17.0 Å². The molecular formula is C5H8ClNO. The van der Waals surface area contributed by atoms with Gasteiger partial charge in [0.05, 0.1) is 0 Å². The van der Waals surface area contributed by atoms with Gasteiger partial charge >= 0.3 is 5.37 Å². The van der Waals surface area contributed by atoms with E-state index in [4.69, 9.17) is 11.6 Å². The Labute approximate surface area is 53.4 Å². The van der Waals surface area contributed by atoms with Crippen LogP contribution in [0.3, 0.4) is 0 Å². The average molecular weight is 134 g/mol. The zero-order valence-electron chi connectivity index (χ0n) is 4.72. The summed E-state index contributed by atoms with van der Waals surface area (Å²) in [6, 6.07) is 0.444. The summed E-state index contributed by atoms with van der Waals surface area (Å²) >= 11 is 5.15. The molecule has 3 heteroatoms. The van der Waals surface area contributed by atoms with Gasteiger partial charge in [0.25, 0.3) is 0 Å². The summed E-state index contributed by atoms with van der Waals surface area (Å²) in [5.41, 5.74) is 0. The Bertz CT molecular complexity index is 111. The van der Waals surface area contributed by atoms with Crippen LogP contribution in [0.4, 0.5) is 4.79 Å². The smallest absolute Gasteiger partial charge is 0.316 e. The van der Waals surface area contributed by atoms with E-state index in [1.807, 2.05) is 0 Å². The summed E-state index contributed by atoms with van der Waals surface area (Å²) in [4.78, 5) is 11.9. The minimum absolute atomic E-state index is 0.340. The molecule has 0 atom stereocenters. The van der Waals surface area contributed by atoms with Crippen LogP contribution in [0, 0.1) is 0 Å². The molecule has 0 radical (unpaired) electrons. The maximum Gasteiger partial charge on any atom is 0.316 e. The highest BCUT2D eigenvalue weighted by Crippen LogP contribution is 2.25. The van der Waals surface area contributed by atoms with Crippen molar-refractivity contribution in [2.24, 2.45) is 0 Å². The highest BCUT2D eigenvalue weighted by Gasteiger charge is 2.28. The standard InChI is InChI=1S/C5H8ClNO/c1-7(5(6)8)4-2-3-4/h4H,2-3H2,1H3. The summed E-state index contributed by atoms with van der Waals surface area (Å²) in [5.74, 6) is 0. The molecule has 1 amide bonds. The molecule has 0 aromatic rings. The van der Waals surface area contributed by atoms with Crippen molar-refractivity contribution in [2.45, 2.75) is 18.9 Å². The van der Waals surface area contributed by atoms with Gasteiger partial charge in [-0.25, -0.2) is 0 Å². The fourth-order valence-electron chi connectivity index (χ4n) is 0.605. The van der Waals surface area contributed by atoms with Gasteiger partial charge in [-0.3, -0.25) is 4.79 Å². The molecule has 0 N–H and O–H groups in total. The lowest BCUT2D eigenvalue weighted by Gasteiger charge is -2.09. The molecule has 0 heterocycles. The van der Waals surface area contributed by atoms with Crippen molar-refractivity contribution in [1.82, 2.24) is 4.90 Å². The van der Waals surface area contributed by atoms with Crippen LogP contribution in [0.1, 0.15) is 12.8 Å². The third kappa shape index (κ3) is 1.13. The maximum absolute atomic E-state index is 10.3. The Morgan fingerprint density at radius 1 is 1.75 bits per heavy atom. The lowest BCUT2D eigenvalue weighted by molar-refractivity contribution is 0.230. The number of rotatable bonds is 1. The quantitative estimate of drug-likeness (QED) is 0.392. The first-order valence-electron chi connectivity index (χ1n) is 2.64. The predicted octanol–water partition coefficient (Wildman–Crippen LogP) is 1.44. The van der Waals surface area contributed by atoms with Crippen molar-refractivity contribution in [2.75, 3.05) is 7.05 Å². The number of carbonyl (C=O) groups excluding carboxylic acids is 1. The van der Waals surface area contributed by atoms with E-state index in [1.165, 1.54) is 0 Å². The highest BCUT2D eigenvalue weighted by molar-refractivity contribution is 6.62. The van der Waals surface area contributed by atoms with Gasteiger partial charge in [0, 0.05) is 13.1 Å². The molecule has 1 rings (SSSR count). The molecule has 0 saturated heterocycles. The lowest BCUT2D eigenvalue weighted by atomic mass is 10.6. The van der Waals surface area contributed by atoms with E-state index in [2.05, 4.69) is 0 Å². The molecule has 0 aromatic carbocycles. The number of amides is 1. The predicted molar refractivity (Wildman–Crippen MR) is 32.0 cm³/mol. The molecule has 2 nitrogen and oxygen atoms in total. The molecule has 1 fully saturated rings. The molecule has 0 spiro atoms. The molecule has 1 aliphatic carbocycles. The van der Waals surface area contributed by atoms with E-state index in [-0.39, 0.29) is 5.37 Å². The highest BCUT2D eigenvalue weighted by atomic mass is 35.5. The molecule has 46 valence electrons. The van der Waals surface area contributed by atoms with Crippen molar-refractivity contribution in [1.29, 1.82) is 0 Å². The number of nitrogens with zero attached hydrogens (tertiary/aromatic N) is 1.